The molecule has 1 nitrogen and oxygen atoms in total. The molecule has 0 heterocycles. The predicted octanol–water partition coefficient (Wildman–Crippen LogP) is 4.02. The van der Waals surface area contributed by atoms with E-state index in [0.717, 1.165) is 24.8 Å². The van der Waals surface area contributed by atoms with E-state index in [1.165, 1.54) is 17.2 Å². The molecule has 3 rings (SSSR count). The molecule has 2 N–H and O–H groups in total. The summed E-state index contributed by atoms with van der Waals surface area (Å²) in [7, 11) is 0. The molecular weight excluding hydrogens is 317 g/mol. The van der Waals surface area contributed by atoms with Gasteiger partial charge in [0, 0.05) is 5.54 Å². The average Bonchev–Trinajstić information content (AvgIpc) is 2.44. The molecule has 0 fully saturated rings. The van der Waals surface area contributed by atoms with E-state index in [1.54, 1.807) is 6.07 Å². The minimum absolute atomic E-state index is 0.220. The van der Waals surface area contributed by atoms with Crippen molar-refractivity contribution in [2.75, 3.05) is 0 Å². The summed E-state index contributed by atoms with van der Waals surface area (Å²) in [6, 6.07) is 13.6. The quantitative estimate of drug-likeness (QED) is 0.882. The standard InChI is InChI=1S/C17H17BrFN/c18-16-14(6-3-7-15(16)19)11-17(20)9-8-12-4-1-2-5-13(12)10-17/h1-7H,8-11,20H2. The fourth-order valence-electron chi connectivity index (χ4n) is 3.04. The van der Waals surface area contributed by atoms with Crippen LogP contribution in [0.1, 0.15) is 23.1 Å². The highest BCUT2D eigenvalue weighted by Crippen LogP contribution is 2.32. The number of hydrogen-bond acceptors (Lipinski definition) is 1. The Morgan fingerprint density at radius 3 is 2.65 bits per heavy atom. The van der Waals surface area contributed by atoms with Crippen molar-refractivity contribution in [2.45, 2.75) is 31.2 Å². The molecule has 2 aromatic carbocycles. The maximum Gasteiger partial charge on any atom is 0.137 e. The van der Waals surface area contributed by atoms with Crippen molar-refractivity contribution in [1.29, 1.82) is 0 Å². The van der Waals surface area contributed by atoms with Crippen LogP contribution in [0, 0.1) is 5.82 Å². The molecule has 104 valence electrons. The predicted molar refractivity (Wildman–Crippen MR) is 83.2 cm³/mol. The highest BCUT2D eigenvalue weighted by Gasteiger charge is 2.31. The Morgan fingerprint density at radius 2 is 1.85 bits per heavy atom. The normalized spacial score (nSPS) is 21.6. The van der Waals surface area contributed by atoms with E-state index in [2.05, 4.69) is 40.2 Å². The molecule has 0 radical (unpaired) electrons. The van der Waals surface area contributed by atoms with E-state index in [0.29, 0.717) is 10.9 Å². The van der Waals surface area contributed by atoms with Gasteiger partial charge < -0.3 is 5.73 Å². The van der Waals surface area contributed by atoms with Gasteiger partial charge in [0.1, 0.15) is 5.82 Å². The molecule has 1 aliphatic rings. The number of hydrogen-bond donors (Lipinski definition) is 1. The summed E-state index contributed by atoms with van der Waals surface area (Å²) in [4.78, 5) is 0. The van der Waals surface area contributed by atoms with Crippen LogP contribution >= 0.6 is 15.9 Å². The van der Waals surface area contributed by atoms with Crippen molar-refractivity contribution in [3.05, 3.63) is 69.4 Å². The highest BCUT2D eigenvalue weighted by atomic mass is 79.9. The molecule has 0 aliphatic heterocycles. The second kappa shape index (κ2) is 5.30. The molecule has 0 aromatic heterocycles. The summed E-state index contributed by atoms with van der Waals surface area (Å²) in [5, 5.41) is 0. The topological polar surface area (TPSA) is 26.0 Å². The van der Waals surface area contributed by atoms with Gasteiger partial charge in [-0.1, -0.05) is 36.4 Å². The van der Waals surface area contributed by atoms with Crippen LogP contribution in [0.15, 0.2) is 46.9 Å². The smallest absolute Gasteiger partial charge is 0.137 e. The number of nitrogens with two attached hydrogens (primary N) is 1. The number of rotatable bonds is 2. The Labute approximate surface area is 127 Å². The maximum absolute atomic E-state index is 13.6. The van der Waals surface area contributed by atoms with Crippen molar-refractivity contribution >= 4 is 15.9 Å². The summed E-state index contributed by atoms with van der Waals surface area (Å²) in [5.74, 6) is -0.220. The molecule has 3 heteroatoms. The molecule has 1 aliphatic carbocycles. The molecule has 0 bridgehead atoms. The number of fused-ring (bicyclic) bond motifs is 1. The summed E-state index contributed by atoms with van der Waals surface area (Å²) in [6.45, 7) is 0. The van der Waals surface area contributed by atoms with Crippen LogP contribution in [-0.4, -0.2) is 5.54 Å². The van der Waals surface area contributed by atoms with E-state index in [1.807, 2.05) is 6.07 Å². The van der Waals surface area contributed by atoms with Crippen molar-refractivity contribution in [2.24, 2.45) is 5.73 Å². The molecule has 1 atom stereocenters. The van der Waals surface area contributed by atoms with Crippen LogP contribution in [0.4, 0.5) is 4.39 Å². The summed E-state index contributed by atoms with van der Waals surface area (Å²) < 4.78 is 14.2. The molecule has 20 heavy (non-hydrogen) atoms. The van der Waals surface area contributed by atoms with Gasteiger partial charge in [-0.3, -0.25) is 0 Å². The van der Waals surface area contributed by atoms with Crippen molar-refractivity contribution in [3.8, 4) is 0 Å². The third kappa shape index (κ3) is 2.65. The lowest BCUT2D eigenvalue weighted by Gasteiger charge is -2.35. The largest absolute Gasteiger partial charge is 0.324 e. The van der Waals surface area contributed by atoms with Crippen molar-refractivity contribution in [1.82, 2.24) is 0 Å². The third-order valence-electron chi connectivity index (χ3n) is 4.13. The third-order valence-corrected chi connectivity index (χ3v) is 5.02. The lowest BCUT2D eigenvalue weighted by molar-refractivity contribution is 0.368. The monoisotopic (exact) mass is 333 g/mol. The van der Waals surface area contributed by atoms with Gasteiger partial charge in [-0.25, -0.2) is 4.39 Å². The zero-order valence-corrected chi connectivity index (χ0v) is 12.8. The Hall–Kier alpha value is -1.19. The Bertz CT molecular complexity index is 641. The zero-order valence-electron chi connectivity index (χ0n) is 11.2. The second-order valence-corrected chi connectivity index (χ2v) is 6.49. The first-order valence-electron chi connectivity index (χ1n) is 6.86. The van der Waals surface area contributed by atoms with Crippen LogP contribution in [-0.2, 0) is 19.3 Å². The van der Waals surface area contributed by atoms with Crippen LogP contribution < -0.4 is 5.73 Å². The fraction of sp³-hybridized carbons (Fsp3) is 0.294. The minimum atomic E-state index is -0.287. The SMILES string of the molecule is NC1(Cc2cccc(F)c2Br)CCc2ccccc2C1. The molecule has 0 saturated heterocycles. The Morgan fingerprint density at radius 1 is 1.10 bits per heavy atom. The van der Waals surface area contributed by atoms with Gasteiger partial charge in [-0.2, -0.15) is 0 Å². The number of benzene rings is 2. The molecule has 0 saturated carbocycles. The van der Waals surface area contributed by atoms with Crippen LogP contribution in [0.3, 0.4) is 0 Å². The van der Waals surface area contributed by atoms with E-state index in [4.69, 9.17) is 5.73 Å². The minimum Gasteiger partial charge on any atom is -0.324 e. The molecule has 2 aromatic rings. The Kier molecular flexibility index (Phi) is 3.65. The van der Waals surface area contributed by atoms with Crippen LogP contribution in [0.5, 0.6) is 0 Å². The van der Waals surface area contributed by atoms with Gasteiger partial charge in [0.25, 0.3) is 0 Å². The lowest BCUT2D eigenvalue weighted by atomic mass is 9.75. The summed E-state index contributed by atoms with van der Waals surface area (Å²) >= 11 is 3.33. The fourth-order valence-corrected chi connectivity index (χ4v) is 3.44. The first-order chi connectivity index (χ1) is 9.57. The lowest BCUT2D eigenvalue weighted by Crippen LogP contribution is -2.47. The van der Waals surface area contributed by atoms with Gasteiger partial charge in [0.05, 0.1) is 4.47 Å². The van der Waals surface area contributed by atoms with Gasteiger partial charge in [-0.05, 0) is 64.4 Å². The number of halogens is 2. The Balaban J connectivity index is 1.86. The zero-order chi connectivity index (χ0) is 14.2. The highest BCUT2D eigenvalue weighted by molar-refractivity contribution is 9.10. The van der Waals surface area contributed by atoms with E-state index in [-0.39, 0.29) is 11.4 Å². The molecular formula is C17H17BrFN. The average molecular weight is 334 g/mol. The summed E-state index contributed by atoms with van der Waals surface area (Å²) in [6.07, 6.45) is 3.48. The van der Waals surface area contributed by atoms with E-state index < -0.39 is 0 Å². The van der Waals surface area contributed by atoms with Crippen molar-refractivity contribution in [3.63, 3.8) is 0 Å². The molecule has 0 amide bonds. The van der Waals surface area contributed by atoms with Crippen LogP contribution in [0.25, 0.3) is 0 Å². The van der Waals surface area contributed by atoms with Gasteiger partial charge in [0.2, 0.25) is 0 Å². The van der Waals surface area contributed by atoms with E-state index >= 15 is 0 Å². The molecule has 1 unspecified atom stereocenters. The maximum atomic E-state index is 13.6. The number of aryl methyl sites for hydroxylation is 1. The summed E-state index contributed by atoms with van der Waals surface area (Å²) in [5.41, 5.74) is 9.97. The molecule has 0 spiro atoms. The van der Waals surface area contributed by atoms with Gasteiger partial charge in [0.15, 0.2) is 0 Å². The second-order valence-electron chi connectivity index (χ2n) is 5.70. The van der Waals surface area contributed by atoms with Crippen LogP contribution in [0.2, 0.25) is 0 Å². The van der Waals surface area contributed by atoms with Gasteiger partial charge >= 0.3 is 0 Å². The first-order valence-corrected chi connectivity index (χ1v) is 7.65. The van der Waals surface area contributed by atoms with Crippen molar-refractivity contribution < 1.29 is 4.39 Å². The van der Waals surface area contributed by atoms with E-state index in [9.17, 15) is 4.39 Å². The first kappa shape index (κ1) is 13.8. The van der Waals surface area contributed by atoms with Gasteiger partial charge in [-0.15, -0.1) is 0 Å².